The van der Waals surface area contributed by atoms with Crippen LogP contribution in [0.5, 0.6) is 0 Å². The largest absolute Gasteiger partial charge is 0.481 e. The lowest BCUT2D eigenvalue weighted by Crippen LogP contribution is -2.58. The van der Waals surface area contributed by atoms with E-state index in [9.17, 15) is 39.0 Å². The Labute approximate surface area is 190 Å². The lowest BCUT2D eigenvalue weighted by Gasteiger charge is -2.24. The number of aliphatic hydroxyl groups is 1. The number of carbonyl (C=O) groups excluding carboxylic acids is 4. The van der Waals surface area contributed by atoms with Crippen LogP contribution in [0.3, 0.4) is 0 Å². The topological polar surface area (TPSA) is 251 Å². The zero-order valence-corrected chi connectivity index (χ0v) is 18.6. The Bertz CT molecular complexity index is 728. The smallest absolute Gasteiger partial charge is 0.326 e. The minimum atomic E-state index is -1.56. The van der Waals surface area contributed by atoms with E-state index in [2.05, 4.69) is 16.0 Å². The van der Waals surface area contributed by atoms with Crippen LogP contribution in [0, 0.1) is 5.92 Å². The van der Waals surface area contributed by atoms with E-state index in [-0.39, 0.29) is 31.6 Å². The maximum absolute atomic E-state index is 12.6. The van der Waals surface area contributed by atoms with Gasteiger partial charge in [0.15, 0.2) is 0 Å². The fraction of sp³-hybridized carbons (Fsp3) is 0.684. The fourth-order valence-corrected chi connectivity index (χ4v) is 2.68. The molecule has 0 saturated carbocycles. The summed E-state index contributed by atoms with van der Waals surface area (Å²) in [6.45, 7) is 2.61. The van der Waals surface area contributed by atoms with Crippen LogP contribution in [0.4, 0.5) is 0 Å². The van der Waals surface area contributed by atoms with Crippen LogP contribution >= 0.6 is 0 Å². The van der Waals surface area contributed by atoms with Gasteiger partial charge >= 0.3 is 11.9 Å². The van der Waals surface area contributed by atoms with Gasteiger partial charge in [0.05, 0.1) is 12.6 Å². The van der Waals surface area contributed by atoms with Gasteiger partial charge < -0.3 is 42.7 Å². The van der Waals surface area contributed by atoms with Gasteiger partial charge in [-0.1, -0.05) is 13.8 Å². The third kappa shape index (κ3) is 12.4. The van der Waals surface area contributed by atoms with Crippen molar-refractivity contribution in [2.45, 2.75) is 70.1 Å². The second-order valence-electron chi connectivity index (χ2n) is 7.88. The van der Waals surface area contributed by atoms with Gasteiger partial charge in [0.25, 0.3) is 0 Å². The number of carboxylic acids is 2. The van der Waals surface area contributed by atoms with Gasteiger partial charge in [0.2, 0.25) is 23.6 Å². The molecule has 0 saturated heterocycles. The average molecular weight is 475 g/mol. The number of aliphatic hydroxyl groups excluding tert-OH is 1. The van der Waals surface area contributed by atoms with Crippen molar-refractivity contribution < 1.29 is 44.1 Å². The summed E-state index contributed by atoms with van der Waals surface area (Å²) in [6, 6.07) is -5.45. The Balaban J connectivity index is 5.29. The monoisotopic (exact) mass is 475 g/mol. The summed E-state index contributed by atoms with van der Waals surface area (Å²) in [5, 5.41) is 34.3. The van der Waals surface area contributed by atoms with Crippen LogP contribution in [-0.2, 0) is 28.8 Å². The molecule has 33 heavy (non-hydrogen) atoms. The van der Waals surface area contributed by atoms with Gasteiger partial charge in [-0.2, -0.15) is 0 Å². The van der Waals surface area contributed by atoms with Gasteiger partial charge in [-0.25, -0.2) is 4.79 Å². The Hall–Kier alpha value is -3.26. The maximum Gasteiger partial charge on any atom is 0.326 e. The molecule has 0 aliphatic heterocycles. The highest BCUT2D eigenvalue weighted by Gasteiger charge is 2.30. The van der Waals surface area contributed by atoms with Crippen LogP contribution in [0.25, 0.3) is 0 Å². The number of carbonyl (C=O) groups is 6. The average Bonchev–Trinajstić information content (AvgIpc) is 2.71. The molecule has 4 atom stereocenters. The highest BCUT2D eigenvalue weighted by Crippen LogP contribution is 2.06. The van der Waals surface area contributed by atoms with Gasteiger partial charge in [-0.3, -0.25) is 24.0 Å². The number of primary amides is 1. The van der Waals surface area contributed by atoms with Crippen molar-refractivity contribution in [2.75, 3.05) is 6.61 Å². The predicted octanol–water partition coefficient (Wildman–Crippen LogP) is -2.98. The second kappa shape index (κ2) is 14.7. The molecule has 0 radical (unpaired) electrons. The van der Waals surface area contributed by atoms with Crippen molar-refractivity contribution in [3.8, 4) is 0 Å². The van der Waals surface area contributed by atoms with Crippen molar-refractivity contribution in [1.29, 1.82) is 0 Å². The fourth-order valence-electron chi connectivity index (χ4n) is 2.68. The number of nitrogens with one attached hydrogen (secondary N) is 3. The van der Waals surface area contributed by atoms with Crippen molar-refractivity contribution in [3.05, 3.63) is 0 Å². The van der Waals surface area contributed by atoms with E-state index >= 15 is 0 Å². The molecule has 0 aromatic carbocycles. The Morgan fingerprint density at radius 2 is 1.30 bits per heavy atom. The lowest BCUT2D eigenvalue weighted by molar-refractivity contribution is -0.143. The highest BCUT2D eigenvalue weighted by molar-refractivity contribution is 5.94. The van der Waals surface area contributed by atoms with Crippen LogP contribution in [-0.4, -0.2) is 81.7 Å². The van der Waals surface area contributed by atoms with E-state index in [1.807, 2.05) is 0 Å². The number of hydrogen-bond donors (Lipinski definition) is 8. The van der Waals surface area contributed by atoms with Crippen LogP contribution in [0.1, 0.15) is 46.0 Å². The van der Waals surface area contributed by atoms with Crippen molar-refractivity contribution >= 4 is 35.6 Å². The Morgan fingerprint density at radius 3 is 1.76 bits per heavy atom. The first kappa shape index (κ1) is 29.7. The van der Waals surface area contributed by atoms with Gasteiger partial charge in [0.1, 0.15) is 18.1 Å². The summed E-state index contributed by atoms with van der Waals surface area (Å²) >= 11 is 0. The third-order valence-electron chi connectivity index (χ3n) is 4.46. The van der Waals surface area contributed by atoms with E-state index in [0.717, 1.165) is 0 Å². The van der Waals surface area contributed by atoms with Gasteiger partial charge in [-0.05, 0) is 25.2 Å². The molecule has 0 spiro atoms. The van der Waals surface area contributed by atoms with Gasteiger partial charge in [-0.15, -0.1) is 0 Å². The summed E-state index contributed by atoms with van der Waals surface area (Å²) in [6.07, 6.45) is -1.06. The first-order valence-electron chi connectivity index (χ1n) is 10.3. The van der Waals surface area contributed by atoms with Crippen molar-refractivity contribution in [1.82, 2.24) is 16.0 Å². The lowest BCUT2D eigenvalue weighted by atomic mass is 10.0. The Kier molecular flexibility index (Phi) is 13.3. The standard InChI is InChI=1S/C19H33N5O9/c1-9(2)7-12(19(32)33)23-18(31)13(8-25)24-17(30)11(4-6-15(27)28)22-16(29)10(20)3-5-14(21)26/h9-13,25H,3-8,20H2,1-2H3,(H2,21,26)(H,22,29)(H,23,31)(H,24,30)(H,27,28)(H,32,33). The molecule has 10 N–H and O–H groups in total. The number of aliphatic carboxylic acids is 2. The molecule has 0 aromatic heterocycles. The minimum absolute atomic E-state index is 0.0667. The van der Waals surface area contributed by atoms with E-state index in [0.29, 0.717) is 0 Å². The molecule has 4 amide bonds. The third-order valence-corrected chi connectivity index (χ3v) is 4.46. The summed E-state index contributed by atoms with van der Waals surface area (Å²) in [4.78, 5) is 70.3. The molecule has 0 bridgehead atoms. The summed E-state index contributed by atoms with van der Waals surface area (Å²) < 4.78 is 0. The summed E-state index contributed by atoms with van der Waals surface area (Å²) in [5.74, 6) is -6.12. The van der Waals surface area contributed by atoms with Crippen LogP contribution in [0.2, 0.25) is 0 Å². The number of hydrogen-bond acceptors (Lipinski definition) is 8. The van der Waals surface area contributed by atoms with Crippen LogP contribution < -0.4 is 27.4 Å². The summed E-state index contributed by atoms with van der Waals surface area (Å²) in [7, 11) is 0. The van der Waals surface area contributed by atoms with E-state index in [4.69, 9.17) is 16.6 Å². The Morgan fingerprint density at radius 1 is 0.788 bits per heavy atom. The molecule has 0 aliphatic rings. The molecule has 14 heteroatoms. The van der Waals surface area contributed by atoms with E-state index in [1.165, 1.54) is 0 Å². The minimum Gasteiger partial charge on any atom is -0.481 e. The SMILES string of the molecule is CC(C)CC(NC(=O)C(CO)NC(=O)C(CCC(=O)O)NC(=O)C(N)CCC(N)=O)C(=O)O. The molecule has 0 aromatic rings. The zero-order chi connectivity index (χ0) is 25.7. The van der Waals surface area contributed by atoms with Crippen LogP contribution in [0.15, 0.2) is 0 Å². The first-order chi connectivity index (χ1) is 15.3. The number of amides is 4. The van der Waals surface area contributed by atoms with E-state index in [1.54, 1.807) is 13.8 Å². The number of rotatable bonds is 16. The molecule has 0 rings (SSSR count). The maximum atomic E-state index is 12.6. The number of nitrogens with two attached hydrogens (primary N) is 2. The van der Waals surface area contributed by atoms with E-state index < -0.39 is 72.8 Å². The molecular formula is C19H33N5O9. The molecule has 0 fully saturated rings. The molecule has 0 heterocycles. The summed E-state index contributed by atoms with van der Waals surface area (Å²) in [5.41, 5.74) is 10.6. The first-order valence-corrected chi connectivity index (χ1v) is 10.3. The predicted molar refractivity (Wildman–Crippen MR) is 113 cm³/mol. The molecular weight excluding hydrogens is 442 g/mol. The normalized spacial score (nSPS) is 14.5. The number of carboxylic acid groups (broad SMARTS) is 2. The molecule has 188 valence electrons. The quantitative estimate of drug-likeness (QED) is 0.112. The molecule has 0 aliphatic carbocycles. The molecule has 4 unspecified atom stereocenters. The van der Waals surface area contributed by atoms with Crippen molar-refractivity contribution in [3.63, 3.8) is 0 Å². The molecule has 14 nitrogen and oxygen atoms in total. The zero-order valence-electron chi connectivity index (χ0n) is 18.6. The van der Waals surface area contributed by atoms with Gasteiger partial charge in [0, 0.05) is 12.8 Å². The second-order valence-corrected chi connectivity index (χ2v) is 7.88. The highest BCUT2D eigenvalue weighted by atomic mass is 16.4. The van der Waals surface area contributed by atoms with Crippen molar-refractivity contribution in [2.24, 2.45) is 17.4 Å².